The maximum absolute atomic E-state index is 5.27. The standard InChI is InChI=1S/C18H28BrN3O/c1-3-20-17(21-13-15-5-7-16(19)8-6-15)22-14-18(9-4-10-18)11-12-23-2/h5-8H,3-4,9-14H2,1-2H3,(H2,20,21,22). The number of guanidine groups is 1. The van der Waals surface area contributed by atoms with E-state index in [9.17, 15) is 0 Å². The fourth-order valence-corrected chi connectivity index (χ4v) is 3.15. The molecule has 2 rings (SSSR count). The molecule has 0 radical (unpaired) electrons. The molecule has 1 aliphatic carbocycles. The summed E-state index contributed by atoms with van der Waals surface area (Å²) < 4.78 is 6.36. The van der Waals surface area contributed by atoms with Gasteiger partial charge >= 0.3 is 0 Å². The third-order valence-electron chi connectivity index (χ3n) is 4.56. The van der Waals surface area contributed by atoms with Crippen molar-refractivity contribution < 1.29 is 4.74 Å². The zero-order valence-electron chi connectivity index (χ0n) is 14.2. The van der Waals surface area contributed by atoms with Crippen LogP contribution in [0.15, 0.2) is 33.7 Å². The van der Waals surface area contributed by atoms with Crippen LogP contribution in [0.3, 0.4) is 0 Å². The second-order valence-corrected chi connectivity index (χ2v) is 7.19. The number of nitrogens with one attached hydrogen (secondary N) is 2. The summed E-state index contributed by atoms with van der Waals surface area (Å²) in [4.78, 5) is 4.70. The molecule has 4 nitrogen and oxygen atoms in total. The molecule has 0 atom stereocenters. The van der Waals surface area contributed by atoms with Gasteiger partial charge in [0, 0.05) is 31.3 Å². The number of ether oxygens (including phenoxy) is 1. The molecule has 23 heavy (non-hydrogen) atoms. The van der Waals surface area contributed by atoms with Gasteiger partial charge in [0.15, 0.2) is 5.96 Å². The molecule has 1 aromatic rings. The van der Waals surface area contributed by atoms with E-state index in [1.807, 2.05) is 0 Å². The van der Waals surface area contributed by atoms with Gasteiger partial charge in [-0.3, -0.25) is 0 Å². The molecule has 1 aliphatic rings. The minimum atomic E-state index is 0.393. The highest BCUT2D eigenvalue weighted by molar-refractivity contribution is 9.10. The fourth-order valence-electron chi connectivity index (χ4n) is 2.88. The Hall–Kier alpha value is -1.07. The van der Waals surface area contributed by atoms with Crippen molar-refractivity contribution in [1.82, 2.24) is 10.6 Å². The van der Waals surface area contributed by atoms with Gasteiger partial charge in [-0.2, -0.15) is 0 Å². The molecule has 0 spiro atoms. The van der Waals surface area contributed by atoms with E-state index in [0.717, 1.165) is 36.5 Å². The number of rotatable bonds is 8. The normalized spacial score (nSPS) is 16.7. The molecule has 0 aliphatic heterocycles. The molecular weight excluding hydrogens is 354 g/mol. The lowest BCUT2D eigenvalue weighted by Crippen LogP contribution is -2.46. The Morgan fingerprint density at radius 3 is 2.57 bits per heavy atom. The van der Waals surface area contributed by atoms with Crippen molar-refractivity contribution in [2.75, 3.05) is 26.8 Å². The minimum absolute atomic E-state index is 0.393. The summed E-state index contributed by atoms with van der Waals surface area (Å²) >= 11 is 3.46. The van der Waals surface area contributed by atoms with Crippen molar-refractivity contribution in [2.24, 2.45) is 10.4 Å². The summed E-state index contributed by atoms with van der Waals surface area (Å²) in [6.07, 6.45) is 5.03. The van der Waals surface area contributed by atoms with Gasteiger partial charge in [-0.1, -0.05) is 34.5 Å². The summed E-state index contributed by atoms with van der Waals surface area (Å²) in [7, 11) is 1.78. The summed E-state index contributed by atoms with van der Waals surface area (Å²) in [5.74, 6) is 0.902. The van der Waals surface area contributed by atoms with Crippen LogP contribution >= 0.6 is 15.9 Å². The van der Waals surface area contributed by atoms with Crippen molar-refractivity contribution >= 4 is 21.9 Å². The van der Waals surface area contributed by atoms with Crippen molar-refractivity contribution in [1.29, 1.82) is 0 Å². The molecule has 0 aromatic heterocycles. The summed E-state index contributed by atoms with van der Waals surface area (Å²) in [6, 6.07) is 8.31. The Morgan fingerprint density at radius 2 is 2.00 bits per heavy atom. The number of methoxy groups -OCH3 is 1. The quantitative estimate of drug-likeness (QED) is 0.532. The molecule has 1 saturated carbocycles. The Labute approximate surface area is 148 Å². The van der Waals surface area contributed by atoms with Gasteiger partial charge in [-0.05, 0) is 49.3 Å². The smallest absolute Gasteiger partial charge is 0.191 e. The first-order chi connectivity index (χ1) is 11.2. The van der Waals surface area contributed by atoms with E-state index in [2.05, 4.69) is 57.8 Å². The van der Waals surface area contributed by atoms with Crippen molar-refractivity contribution in [3.05, 3.63) is 34.3 Å². The highest BCUT2D eigenvalue weighted by Crippen LogP contribution is 2.43. The van der Waals surface area contributed by atoms with Crippen LogP contribution < -0.4 is 10.6 Å². The molecule has 0 heterocycles. The van der Waals surface area contributed by atoms with E-state index in [4.69, 9.17) is 9.73 Å². The largest absolute Gasteiger partial charge is 0.385 e. The molecule has 0 saturated heterocycles. The van der Waals surface area contributed by atoms with Crippen LogP contribution in [0.4, 0.5) is 0 Å². The zero-order valence-corrected chi connectivity index (χ0v) is 15.8. The lowest BCUT2D eigenvalue weighted by atomic mass is 9.67. The molecule has 0 amide bonds. The zero-order chi connectivity index (χ0) is 16.5. The lowest BCUT2D eigenvalue weighted by Gasteiger charge is -2.42. The van der Waals surface area contributed by atoms with Crippen molar-refractivity contribution in [2.45, 2.75) is 39.2 Å². The first-order valence-corrected chi connectivity index (χ1v) is 9.22. The molecule has 5 heteroatoms. The van der Waals surface area contributed by atoms with Crippen molar-refractivity contribution in [3.8, 4) is 0 Å². The van der Waals surface area contributed by atoms with Crippen LogP contribution in [0, 0.1) is 5.41 Å². The maximum Gasteiger partial charge on any atom is 0.191 e. The Balaban J connectivity index is 1.89. The number of halogens is 1. The van der Waals surface area contributed by atoms with E-state index in [-0.39, 0.29) is 0 Å². The molecular formula is C18H28BrN3O. The number of benzene rings is 1. The van der Waals surface area contributed by atoms with Crippen LogP contribution in [0.25, 0.3) is 0 Å². The first kappa shape index (κ1) is 18.3. The van der Waals surface area contributed by atoms with E-state index in [1.54, 1.807) is 7.11 Å². The Bertz CT molecular complexity index is 497. The van der Waals surface area contributed by atoms with Gasteiger partial charge in [-0.25, -0.2) is 4.99 Å². The van der Waals surface area contributed by atoms with Crippen molar-refractivity contribution in [3.63, 3.8) is 0 Å². The lowest BCUT2D eigenvalue weighted by molar-refractivity contribution is 0.0732. The van der Waals surface area contributed by atoms with Crippen LogP contribution in [0.2, 0.25) is 0 Å². The summed E-state index contributed by atoms with van der Waals surface area (Å²) in [5.41, 5.74) is 1.60. The average molecular weight is 382 g/mol. The van der Waals surface area contributed by atoms with E-state index < -0.39 is 0 Å². The van der Waals surface area contributed by atoms with Gasteiger partial charge < -0.3 is 15.4 Å². The monoisotopic (exact) mass is 381 g/mol. The topological polar surface area (TPSA) is 45.7 Å². The molecule has 0 bridgehead atoms. The van der Waals surface area contributed by atoms with E-state index >= 15 is 0 Å². The molecule has 1 aromatic carbocycles. The highest BCUT2D eigenvalue weighted by Gasteiger charge is 2.36. The second-order valence-electron chi connectivity index (χ2n) is 6.27. The molecule has 2 N–H and O–H groups in total. The summed E-state index contributed by atoms with van der Waals surface area (Å²) in [6.45, 7) is 5.47. The number of aliphatic imine (C=N–C) groups is 1. The number of hydrogen-bond acceptors (Lipinski definition) is 2. The van der Waals surface area contributed by atoms with E-state index in [1.165, 1.54) is 24.8 Å². The molecule has 128 valence electrons. The molecule has 0 unspecified atom stereocenters. The third kappa shape index (κ3) is 5.81. The van der Waals surface area contributed by atoms with Gasteiger partial charge in [0.25, 0.3) is 0 Å². The predicted molar refractivity (Wildman–Crippen MR) is 99.7 cm³/mol. The average Bonchev–Trinajstić information content (AvgIpc) is 2.52. The third-order valence-corrected chi connectivity index (χ3v) is 5.09. The van der Waals surface area contributed by atoms with Gasteiger partial charge in [0.1, 0.15) is 0 Å². The second kappa shape index (κ2) is 9.28. The van der Waals surface area contributed by atoms with E-state index in [0.29, 0.717) is 12.0 Å². The van der Waals surface area contributed by atoms with Crippen LogP contribution in [-0.4, -0.2) is 32.8 Å². The van der Waals surface area contributed by atoms with Gasteiger partial charge in [-0.15, -0.1) is 0 Å². The van der Waals surface area contributed by atoms with Crippen LogP contribution in [0.1, 0.15) is 38.2 Å². The number of hydrogen-bond donors (Lipinski definition) is 2. The maximum atomic E-state index is 5.27. The Morgan fingerprint density at radius 1 is 1.26 bits per heavy atom. The first-order valence-electron chi connectivity index (χ1n) is 8.43. The fraction of sp³-hybridized carbons (Fsp3) is 0.611. The SMILES string of the molecule is CCNC(=NCc1ccc(Br)cc1)NCC1(CCOC)CCC1. The number of nitrogens with zero attached hydrogens (tertiary/aromatic N) is 1. The van der Waals surface area contributed by atoms with Gasteiger partial charge in [0.05, 0.1) is 6.54 Å². The Kier molecular flexibility index (Phi) is 7.37. The van der Waals surface area contributed by atoms with Crippen LogP contribution in [-0.2, 0) is 11.3 Å². The van der Waals surface area contributed by atoms with Crippen LogP contribution in [0.5, 0.6) is 0 Å². The van der Waals surface area contributed by atoms with Gasteiger partial charge in [0.2, 0.25) is 0 Å². The highest BCUT2D eigenvalue weighted by atomic mass is 79.9. The molecule has 1 fully saturated rings. The predicted octanol–water partition coefficient (Wildman–Crippen LogP) is 3.71. The summed E-state index contributed by atoms with van der Waals surface area (Å²) in [5, 5.41) is 6.87. The minimum Gasteiger partial charge on any atom is -0.385 e.